The second-order valence-electron chi connectivity index (χ2n) is 12.1. The van der Waals surface area contributed by atoms with E-state index in [1.165, 1.54) is 25.7 Å². The Bertz CT molecular complexity index is 1450. The van der Waals surface area contributed by atoms with Crippen molar-refractivity contribution in [2.45, 2.75) is 104 Å². The van der Waals surface area contributed by atoms with Gasteiger partial charge in [0.15, 0.2) is 0 Å². The third kappa shape index (κ3) is 7.92. The Labute approximate surface area is 257 Å². The first kappa shape index (κ1) is 30.5. The van der Waals surface area contributed by atoms with E-state index in [0.29, 0.717) is 19.1 Å². The van der Waals surface area contributed by atoms with Gasteiger partial charge in [-0.3, -0.25) is 14.5 Å². The number of ether oxygens (including phenoxy) is 1. The third-order valence-corrected chi connectivity index (χ3v) is 8.46. The van der Waals surface area contributed by atoms with Crippen molar-refractivity contribution in [1.82, 2.24) is 14.8 Å². The van der Waals surface area contributed by atoms with E-state index in [2.05, 4.69) is 50.3 Å². The molecule has 1 amide bonds. The summed E-state index contributed by atoms with van der Waals surface area (Å²) in [4.78, 5) is 21.1. The van der Waals surface area contributed by atoms with Gasteiger partial charge in [0.05, 0.1) is 30.5 Å². The third-order valence-electron chi connectivity index (χ3n) is 8.46. The van der Waals surface area contributed by atoms with Crippen molar-refractivity contribution < 1.29 is 9.53 Å². The minimum atomic E-state index is -0.234. The predicted molar refractivity (Wildman–Crippen MR) is 173 cm³/mol. The van der Waals surface area contributed by atoms with Gasteiger partial charge in [0.25, 0.3) is 0 Å². The van der Waals surface area contributed by atoms with Crippen molar-refractivity contribution in [3.63, 3.8) is 0 Å². The fourth-order valence-electron chi connectivity index (χ4n) is 6.00. The number of hydrogen-bond acceptors (Lipinski definition) is 4. The maximum absolute atomic E-state index is 14.5. The highest BCUT2D eigenvalue weighted by atomic mass is 16.5. The Kier molecular flexibility index (Phi) is 10.6. The number of carbonyl (C=O) groups excluding carboxylic acids is 1. The number of fused-ring (bicyclic) bond motifs is 1. The standard InChI is InChI=1S/C37H46N4O2/c1-4-5-6-7-11-22-40-25-30(23-39-40)26-41(31-20-21-35(28(2)3)38-24-31)37(42)34-18-12-17-33-32(34)16-13-19-36(33)43-27-29-14-9-8-10-15-29/h8-10,13-16,19-21,23-25,28,34H,4-7,11-12,17-18,22,26-27H2,1-3H3. The first-order valence-corrected chi connectivity index (χ1v) is 16.1. The van der Waals surface area contributed by atoms with Crippen molar-refractivity contribution >= 4 is 11.6 Å². The number of amides is 1. The van der Waals surface area contributed by atoms with E-state index in [1.54, 1.807) is 0 Å². The van der Waals surface area contributed by atoms with Crippen LogP contribution in [0.1, 0.15) is 106 Å². The SMILES string of the molecule is CCCCCCCn1cc(CN(C(=O)C2CCCc3c(OCc4ccccc4)cccc32)c2ccc(C(C)C)nc2)cn1. The molecule has 1 aliphatic rings. The number of anilines is 1. The number of unbranched alkanes of at least 4 members (excludes halogenated alkanes) is 4. The molecule has 6 nitrogen and oxygen atoms in total. The number of aryl methyl sites for hydroxylation is 1. The lowest BCUT2D eigenvalue weighted by Crippen LogP contribution is -2.36. The zero-order valence-corrected chi connectivity index (χ0v) is 26.0. The lowest BCUT2D eigenvalue weighted by atomic mass is 9.81. The molecule has 2 aromatic heterocycles. The van der Waals surface area contributed by atoms with Gasteiger partial charge in [-0.15, -0.1) is 0 Å². The maximum Gasteiger partial charge on any atom is 0.234 e. The number of nitrogens with zero attached hydrogens (tertiary/aromatic N) is 4. The van der Waals surface area contributed by atoms with E-state index in [4.69, 9.17) is 9.72 Å². The molecule has 6 heteroatoms. The van der Waals surface area contributed by atoms with Crippen LogP contribution in [0, 0.1) is 0 Å². The summed E-state index contributed by atoms with van der Waals surface area (Å²) in [6.45, 7) is 8.40. The van der Waals surface area contributed by atoms with E-state index in [0.717, 1.165) is 71.6 Å². The Balaban J connectivity index is 1.37. The van der Waals surface area contributed by atoms with Crippen LogP contribution >= 0.6 is 0 Å². The molecular formula is C37H46N4O2. The molecule has 0 saturated heterocycles. The maximum atomic E-state index is 14.5. The van der Waals surface area contributed by atoms with E-state index in [-0.39, 0.29) is 11.8 Å². The molecule has 2 aromatic carbocycles. The largest absolute Gasteiger partial charge is 0.489 e. The summed E-state index contributed by atoms with van der Waals surface area (Å²) < 4.78 is 8.33. The van der Waals surface area contributed by atoms with Gasteiger partial charge in [0, 0.05) is 24.0 Å². The molecule has 4 aromatic rings. The van der Waals surface area contributed by atoms with Gasteiger partial charge in [0.2, 0.25) is 5.91 Å². The van der Waals surface area contributed by atoms with E-state index >= 15 is 0 Å². The van der Waals surface area contributed by atoms with Crippen LogP contribution in [-0.2, 0) is 30.9 Å². The lowest BCUT2D eigenvalue weighted by Gasteiger charge is -2.31. The smallest absolute Gasteiger partial charge is 0.234 e. The van der Waals surface area contributed by atoms with Crippen LogP contribution in [0.5, 0.6) is 5.75 Å². The topological polar surface area (TPSA) is 60.2 Å². The molecule has 5 rings (SSSR count). The quantitative estimate of drug-likeness (QED) is 0.141. The summed E-state index contributed by atoms with van der Waals surface area (Å²) in [5, 5.41) is 4.63. The summed E-state index contributed by atoms with van der Waals surface area (Å²) in [6, 6.07) is 20.5. The molecular weight excluding hydrogens is 532 g/mol. The molecule has 1 atom stereocenters. The molecule has 1 unspecified atom stereocenters. The molecule has 0 radical (unpaired) electrons. The van der Waals surface area contributed by atoms with Gasteiger partial charge >= 0.3 is 0 Å². The van der Waals surface area contributed by atoms with Crippen LogP contribution in [0.4, 0.5) is 5.69 Å². The highest BCUT2D eigenvalue weighted by Crippen LogP contribution is 2.39. The van der Waals surface area contributed by atoms with Gasteiger partial charge < -0.3 is 9.64 Å². The Hall–Kier alpha value is -3.93. The molecule has 226 valence electrons. The van der Waals surface area contributed by atoms with E-state index < -0.39 is 0 Å². The van der Waals surface area contributed by atoms with Crippen LogP contribution in [0.2, 0.25) is 0 Å². The van der Waals surface area contributed by atoms with Crippen molar-refractivity contribution in [3.05, 3.63) is 107 Å². The molecule has 43 heavy (non-hydrogen) atoms. The summed E-state index contributed by atoms with van der Waals surface area (Å²) in [5.41, 5.74) is 6.26. The van der Waals surface area contributed by atoms with Crippen LogP contribution in [-0.4, -0.2) is 20.7 Å². The van der Waals surface area contributed by atoms with Gasteiger partial charge in [-0.2, -0.15) is 5.10 Å². The highest BCUT2D eigenvalue weighted by molar-refractivity contribution is 5.98. The minimum Gasteiger partial charge on any atom is -0.489 e. The molecule has 0 fully saturated rings. The Morgan fingerprint density at radius 1 is 0.977 bits per heavy atom. The average Bonchev–Trinajstić information content (AvgIpc) is 3.49. The number of aromatic nitrogens is 3. The molecule has 0 N–H and O–H groups in total. The van der Waals surface area contributed by atoms with Gasteiger partial charge in [-0.05, 0) is 66.5 Å². The first-order chi connectivity index (χ1) is 21.0. The summed E-state index contributed by atoms with van der Waals surface area (Å²) in [5.74, 6) is 1.08. The van der Waals surface area contributed by atoms with Crippen LogP contribution in [0.15, 0.2) is 79.3 Å². The van der Waals surface area contributed by atoms with Gasteiger partial charge in [0.1, 0.15) is 12.4 Å². The highest BCUT2D eigenvalue weighted by Gasteiger charge is 2.32. The number of carbonyl (C=O) groups is 1. The van der Waals surface area contributed by atoms with Gasteiger partial charge in [-0.1, -0.05) is 88.9 Å². The summed E-state index contributed by atoms with van der Waals surface area (Å²) in [7, 11) is 0. The van der Waals surface area contributed by atoms with Crippen molar-refractivity contribution in [1.29, 1.82) is 0 Å². The van der Waals surface area contributed by atoms with Gasteiger partial charge in [-0.25, -0.2) is 0 Å². The molecule has 0 saturated carbocycles. The first-order valence-electron chi connectivity index (χ1n) is 16.1. The fraction of sp³-hybridized carbons (Fsp3) is 0.432. The predicted octanol–water partition coefficient (Wildman–Crippen LogP) is 8.60. The zero-order valence-electron chi connectivity index (χ0n) is 26.0. The second kappa shape index (κ2) is 15.0. The lowest BCUT2D eigenvalue weighted by molar-refractivity contribution is -0.120. The number of pyridine rings is 1. The normalized spacial score (nSPS) is 14.5. The summed E-state index contributed by atoms with van der Waals surface area (Å²) >= 11 is 0. The van der Waals surface area contributed by atoms with Crippen LogP contribution in [0.3, 0.4) is 0 Å². The summed E-state index contributed by atoms with van der Waals surface area (Å²) in [6.07, 6.45) is 14.7. The number of benzene rings is 2. The minimum absolute atomic E-state index is 0.104. The monoisotopic (exact) mass is 578 g/mol. The van der Waals surface area contributed by atoms with E-state index in [1.807, 2.05) is 64.4 Å². The molecule has 2 heterocycles. The number of hydrogen-bond donors (Lipinski definition) is 0. The fourth-order valence-corrected chi connectivity index (χ4v) is 6.00. The van der Waals surface area contributed by atoms with E-state index in [9.17, 15) is 4.79 Å². The van der Waals surface area contributed by atoms with Crippen LogP contribution < -0.4 is 9.64 Å². The molecule has 1 aliphatic carbocycles. The second-order valence-corrected chi connectivity index (χ2v) is 12.1. The molecule has 0 bridgehead atoms. The molecule has 0 aliphatic heterocycles. The van der Waals surface area contributed by atoms with Crippen molar-refractivity contribution in [3.8, 4) is 5.75 Å². The average molecular weight is 579 g/mol. The van der Waals surface area contributed by atoms with Crippen molar-refractivity contribution in [2.24, 2.45) is 0 Å². The molecule has 0 spiro atoms. The Morgan fingerprint density at radius 2 is 1.81 bits per heavy atom. The number of rotatable bonds is 14. The zero-order chi connectivity index (χ0) is 30.0. The van der Waals surface area contributed by atoms with Crippen molar-refractivity contribution in [2.75, 3.05) is 4.90 Å². The van der Waals surface area contributed by atoms with Crippen LogP contribution in [0.25, 0.3) is 0 Å². The Morgan fingerprint density at radius 3 is 2.58 bits per heavy atom.